The molecule has 0 spiro atoms. The number of rotatable bonds is 3. The summed E-state index contributed by atoms with van der Waals surface area (Å²) in [5.41, 5.74) is 0.648. The Balaban J connectivity index is 2.28. The summed E-state index contributed by atoms with van der Waals surface area (Å²) in [6.07, 6.45) is 1.56. The summed E-state index contributed by atoms with van der Waals surface area (Å²) in [7, 11) is 0. The molecule has 1 aliphatic heterocycles. The van der Waals surface area contributed by atoms with Crippen molar-refractivity contribution in [3.05, 3.63) is 40.6 Å². The lowest BCUT2D eigenvalue weighted by molar-refractivity contribution is -0.144. The fourth-order valence-corrected chi connectivity index (χ4v) is 3.05. The van der Waals surface area contributed by atoms with Gasteiger partial charge in [0, 0.05) is 0 Å². The number of hydrogen-bond donors (Lipinski definition) is 1. The minimum absolute atomic E-state index is 0.207. The van der Waals surface area contributed by atoms with E-state index in [4.69, 9.17) is 17.3 Å². The molecule has 1 aromatic rings. The van der Waals surface area contributed by atoms with Gasteiger partial charge in [0.25, 0.3) is 5.91 Å². The van der Waals surface area contributed by atoms with Crippen molar-refractivity contribution in [3.8, 4) is 0 Å². The van der Waals surface area contributed by atoms with Crippen molar-refractivity contribution in [2.24, 2.45) is 0 Å². The third-order valence-electron chi connectivity index (χ3n) is 2.74. The van der Waals surface area contributed by atoms with Crippen LogP contribution in [0.3, 0.4) is 0 Å². The molecule has 0 saturated carbocycles. The van der Waals surface area contributed by atoms with E-state index >= 15 is 0 Å². The minimum atomic E-state index is -1.12. The Hall–Kier alpha value is -1.73. The van der Waals surface area contributed by atoms with Crippen LogP contribution in [0, 0.1) is 5.82 Å². The number of carbonyl (C=O) groups is 2. The summed E-state index contributed by atoms with van der Waals surface area (Å²) < 4.78 is 13.0. The van der Waals surface area contributed by atoms with Crippen molar-refractivity contribution in [1.82, 2.24) is 4.90 Å². The zero-order valence-electron chi connectivity index (χ0n) is 10.4. The van der Waals surface area contributed by atoms with E-state index in [0.717, 1.165) is 16.7 Å². The van der Waals surface area contributed by atoms with Crippen LogP contribution in [0.1, 0.15) is 12.5 Å². The second-order valence-corrected chi connectivity index (χ2v) is 5.79. The van der Waals surface area contributed by atoms with E-state index in [0.29, 0.717) is 10.5 Å². The van der Waals surface area contributed by atoms with E-state index in [-0.39, 0.29) is 10.1 Å². The molecule has 0 aromatic heterocycles. The Kier molecular flexibility index (Phi) is 4.20. The fourth-order valence-electron chi connectivity index (χ4n) is 1.63. The first kappa shape index (κ1) is 14.7. The van der Waals surface area contributed by atoms with Crippen molar-refractivity contribution in [1.29, 1.82) is 0 Å². The summed E-state index contributed by atoms with van der Waals surface area (Å²) in [5.74, 6) is -1.93. The number of benzene rings is 1. The lowest BCUT2D eigenvalue weighted by Crippen LogP contribution is -2.41. The van der Waals surface area contributed by atoms with Gasteiger partial charge in [-0.1, -0.05) is 36.1 Å². The van der Waals surface area contributed by atoms with Crippen LogP contribution >= 0.6 is 24.0 Å². The SMILES string of the molecule is CC(C(=O)O)N1C(=O)/C(=C/c2ccc(F)cc2)SC1=S. The van der Waals surface area contributed by atoms with Gasteiger partial charge in [-0.25, -0.2) is 9.18 Å². The normalized spacial score (nSPS) is 18.7. The average molecular weight is 311 g/mol. The maximum absolute atomic E-state index is 12.8. The van der Waals surface area contributed by atoms with Crippen molar-refractivity contribution < 1.29 is 19.1 Å². The third-order valence-corrected chi connectivity index (χ3v) is 4.07. The standard InChI is InChI=1S/C13H10FNO3S2/c1-7(12(17)18)15-11(16)10(20-13(15)19)6-8-2-4-9(14)5-3-8/h2-7H,1H3,(H,17,18)/b10-6-. The van der Waals surface area contributed by atoms with Crippen LogP contribution in [-0.4, -0.2) is 32.2 Å². The number of amides is 1. The number of thioether (sulfide) groups is 1. The Bertz CT molecular complexity index is 613. The molecule has 104 valence electrons. The average Bonchev–Trinajstić information content (AvgIpc) is 2.66. The number of thiocarbonyl (C=S) groups is 1. The summed E-state index contributed by atoms with van der Waals surface area (Å²) >= 11 is 6.07. The molecule has 1 N–H and O–H groups in total. The molecule has 20 heavy (non-hydrogen) atoms. The number of carboxylic acid groups (broad SMARTS) is 1. The molecule has 7 heteroatoms. The third kappa shape index (κ3) is 2.88. The van der Waals surface area contributed by atoms with Gasteiger partial charge >= 0.3 is 5.97 Å². The number of nitrogens with zero attached hydrogens (tertiary/aromatic N) is 1. The molecule has 1 unspecified atom stereocenters. The van der Waals surface area contributed by atoms with Gasteiger partial charge in [0.15, 0.2) is 0 Å². The number of aliphatic carboxylic acids is 1. The topological polar surface area (TPSA) is 57.6 Å². The smallest absolute Gasteiger partial charge is 0.326 e. The van der Waals surface area contributed by atoms with Gasteiger partial charge < -0.3 is 5.11 Å². The molecular weight excluding hydrogens is 301 g/mol. The number of carboxylic acids is 1. The molecular formula is C13H10FNO3S2. The Morgan fingerprint density at radius 3 is 2.60 bits per heavy atom. The molecule has 1 heterocycles. The molecule has 0 bridgehead atoms. The van der Waals surface area contributed by atoms with Crippen molar-refractivity contribution >= 4 is 46.3 Å². The van der Waals surface area contributed by atoms with Crippen molar-refractivity contribution in [2.75, 3.05) is 0 Å². The van der Waals surface area contributed by atoms with E-state index in [2.05, 4.69) is 0 Å². The first-order valence-electron chi connectivity index (χ1n) is 5.65. The van der Waals surface area contributed by atoms with Gasteiger partial charge in [-0.2, -0.15) is 0 Å². The molecule has 1 amide bonds. The molecule has 0 radical (unpaired) electrons. The molecule has 1 aromatic carbocycles. The zero-order chi connectivity index (χ0) is 14.9. The highest BCUT2D eigenvalue weighted by Gasteiger charge is 2.38. The lowest BCUT2D eigenvalue weighted by Gasteiger charge is -2.18. The van der Waals surface area contributed by atoms with Gasteiger partial charge in [-0.05, 0) is 30.7 Å². The first-order valence-corrected chi connectivity index (χ1v) is 6.88. The monoisotopic (exact) mass is 311 g/mol. The van der Waals surface area contributed by atoms with E-state index in [1.807, 2.05) is 0 Å². The van der Waals surface area contributed by atoms with Gasteiger partial charge in [0.2, 0.25) is 0 Å². The van der Waals surface area contributed by atoms with Crippen LogP contribution < -0.4 is 0 Å². The second-order valence-electron chi connectivity index (χ2n) is 4.12. The summed E-state index contributed by atoms with van der Waals surface area (Å²) in [5, 5.41) is 8.96. The van der Waals surface area contributed by atoms with Crippen LogP contribution in [0.25, 0.3) is 6.08 Å². The van der Waals surface area contributed by atoms with Gasteiger partial charge in [0.1, 0.15) is 16.2 Å². The van der Waals surface area contributed by atoms with Crippen LogP contribution in [0.2, 0.25) is 0 Å². The Morgan fingerprint density at radius 1 is 1.45 bits per heavy atom. The molecule has 1 fully saturated rings. The highest BCUT2D eigenvalue weighted by atomic mass is 32.2. The van der Waals surface area contributed by atoms with E-state index in [1.54, 1.807) is 6.08 Å². The van der Waals surface area contributed by atoms with Gasteiger partial charge in [-0.3, -0.25) is 9.69 Å². The second kappa shape index (κ2) is 5.72. The van der Waals surface area contributed by atoms with Crippen LogP contribution in [0.15, 0.2) is 29.2 Å². The van der Waals surface area contributed by atoms with Crippen LogP contribution in [0.4, 0.5) is 4.39 Å². The lowest BCUT2D eigenvalue weighted by atomic mass is 10.2. The maximum Gasteiger partial charge on any atom is 0.326 e. The fraction of sp³-hybridized carbons (Fsp3) is 0.154. The predicted octanol–water partition coefficient (Wildman–Crippen LogP) is 2.50. The van der Waals surface area contributed by atoms with Crippen molar-refractivity contribution in [2.45, 2.75) is 13.0 Å². The van der Waals surface area contributed by atoms with E-state index < -0.39 is 17.9 Å². The Morgan fingerprint density at radius 2 is 2.05 bits per heavy atom. The molecule has 1 aliphatic rings. The molecule has 1 atom stereocenters. The largest absolute Gasteiger partial charge is 0.480 e. The van der Waals surface area contributed by atoms with Crippen molar-refractivity contribution in [3.63, 3.8) is 0 Å². The first-order chi connectivity index (χ1) is 9.40. The molecule has 4 nitrogen and oxygen atoms in total. The van der Waals surface area contributed by atoms with Crippen LogP contribution in [-0.2, 0) is 9.59 Å². The van der Waals surface area contributed by atoms with Crippen LogP contribution in [0.5, 0.6) is 0 Å². The van der Waals surface area contributed by atoms with E-state index in [9.17, 15) is 14.0 Å². The summed E-state index contributed by atoms with van der Waals surface area (Å²) in [6.45, 7) is 1.40. The predicted molar refractivity (Wildman–Crippen MR) is 78.5 cm³/mol. The number of hydrogen-bond acceptors (Lipinski definition) is 4. The number of carbonyl (C=O) groups excluding carboxylic acids is 1. The molecule has 1 saturated heterocycles. The van der Waals surface area contributed by atoms with Gasteiger partial charge in [-0.15, -0.1) is 0 Å². The quantitative estimate of drug-likeness (QED) is 0.686. The number of halogens is 1. The zero-order valence-corrected chi connectivity index (χ0v) is 12.0. The van der Waals surface area contributed by atoms with E-state index in [1.165, 1.54) is 31.2 Å². The maximum atomic E-state index is 12.8. The summed E-state index contributed by atoms with van der Waals surface area (Å²) in [6, 6.07) is 4.62. The highest BCUT2D eigenvalue weighted by molar-refractivity contribution is 8.26. The molecule has 2 rings (SSSR count). The highest BCUT2D eigenvalue weighted by Crippen LogP contribution is 2.33. The molecule has 0 aliphatic carbocycles. The minimum Gasteiger partial charge on any atom is -0.480 e. The summed E-state index contributed by atoms with van der Waals surface area (Å²) in [4.78, 5) is 24.5. The Labute approximate surface area is 124 Å². The van der Waals surface area contributed by atoms with Gasteiger partial charge in [0.05, 0.1) is 4.91 Å².